The van der Waals surface area contributed by atoms with E-state index in [0.717, 1.165) is 41.1 Å². The van der Waals surface area contributed by atoms with Crippen molar-refractivity contribution in [2.75, 3.05) is 18.9 Å². The molecule has 0 bridgehead atoms. The Morgan fingerprint density at radius 2 is 1.85 bits per heavy atom. The van der Waals surface area contributed by atoms with Gasteiger partial charge in [0, 0.05) is 35.6 Å². The Hall–Kier alpha value is -2.99. The van der Waals surface area contributed by atoms with Gasteiger partial charge in [-0.2, -0.15) is 0 Å². The molecule has 34 heavy (non-hydrogen) atoms. The van der Waals surface area contributed by atoms with E-state index in [2.05, 4.69) is 27.5 Å². The molecule has 1 aromatic rings. The molecule has 3 N–H and O–H groups in total. The molecule has 0 unspecified atom stereocenters. The minimum absolute atomic E-state index is 0.103. The Bertz CT molecular complexity index is 894. The van der Waals surface area contributed by atoms with E-state index in [1.807, 2.05) is 61.6 Å². The molecule has 1 amide bonds. The molecule has 1 aliphatic carbocycles. The highest BCUT2D eigenvalue weighted by molar-refractivity contribution is 6.11. The van der Waals surface area contributed by atoms with Gasteiger partial charge in [0.1, 0.15) is 12.1 Å². The number of nitrogens with one attached hydrogen (secondary N) is 3. The van der Waals surface area contributed by atoms with Crippen LogP contribution >= 0.6 is 0 Å². The van der Waals surface area contributed by atoms with Crippen LogP contribution in [0.4, 0.5) is 5.69 Å². The van der Waals surface area contributed by atoms with E-state index in [1.165, 1.54) is 19.0 Å². The number of aryl methyl sites for hydroxylation is 1. The van der Waals surface area contributed by atoms with Crippen LogP contribution < -0.4 is 16.0 Å². The second-order valence-corrected chi connectivity index (χ2v) is 7.75. The van der Waals surface area contributed by atoms with Crippen molar-refractivity contribution in [2.24, 2.45) is 4.99 Å². The third-order valence-corrected chi connectivity index (χ3v) is 5.25. The lowest BCUT2D eigenvalue weighted by molar-refractivity contribution is -0.117. The summed E-state index contributed by atoms with van der Waals surface area (Å²) in [5.41, 5.74) is 4.60. The molecule has 0 radical (unpaired) electrons. The molecule has 1 aliphatic rings. The number of amidine groups is 1. The van der Waals surface area contributed by atoms with Crippen molar-refractivity contribution in [1.82, 2.24) is 10.6 Å². The Labute approximate surface area is 206 Å². The van der Waals surface area contributed by atoms with Crippen molar-refractivity contribution in [3.05, 3.63) is 64.9 Å². The Morgan fingerprint density at radius 1 is 1.21 bits per heavy atom. The Kier molecular flexibility index (Phi) is 15.9. The number of hydrogen-bond acceptors (Lipinski definition) is 4. The average Bonchev–Trinajstić information content (AvgIpc) is 3.70. The topological polar surface area (TPSA) is 82.6 Å². The molecule has 1 fully saturated rings. The summed E-state index contributed by atoms with van der Waals surface area (Å²) in [5, 5.41) is 9.31. The highest BCUT2D eigenvalue weighted by atomic mass is 16.1. The van der Waals surface area contributed by atoms with Gasteiger partial charge in [0.25, 0.3) is 5.91 Å². The van der Waals surface area contributed by atoms with E-state index < -0.39 is 0 Å². The van der Waals surface area contributed by atoms with Crippen molar-refractivity contribution >= 4 is 23.7 Å². The number of benzene rings is 1. The molecule has 6 nitrogen and oxygen atoms in total. The molecule has 0 aromatic heterocycles. The molecule has 1 aromatic carbocycles. The van der Waals surface area contributed by atoms with Gasteiger partial charge in [-0.05, 0) is 76.8 Å². The maximum Gasteiger partial charge on any atom is 0.251 e. The van der Waals surface area contributed by atoms with Gasteiger partial charge in [0.15, 0.2) is 0 Å². The van der Waals surface area contributed by atoms with Crippen LogP contribution in [0.15, 0.2) is 58.8 Å². The first-order chi connectivity index (χ1) is 16.3. The van der Waals surface area contributed by atoms with Gasteiger partial charge in [0.2, 0.25) is 0 Å². The number of aliphatic imine (C=N–C) groups is 1. The molecule has 0 aliphatic heterocycles. The highest BCUT2D eigenvalue weighted by Crippen LogP contribution is 2.21. The SMILES string of the molecule is C=CN=C(Nc1cc(C=O)ccc1C)/C(C)=C(C)/C(=C\C)C(=O)NCCC.CC.CNC1CC1. The standard InChI is InChI=1S/C22H29N3O2.C4H9N.C2H6/c1-7-12-24-22(27)19(8-2)16(5)17(6)21(23-9-3)25-20-13-18(14-26)11-10-15(20)4;1-5-4-2-3-4;1-2/h8-11,13-14H,3,7,12H2,1-2,4-6H3,(H,23,25)(H,24,27);4-5H,2-3H2,1H3;1-2H3/b17-16+,19-8+;;. The fourth-order valence-electron chi connectivity index (χ4n) is 2.89. The number of allylic oxidation sites excluding steroid dienone is 1. The summed E-state index contributed by atoms with van der Waals surface area (Å²) in [6.45, 7) is 17.9. The first-order valence-electron chi connectivity index (χ1n) is 12.1. The number of nitrogens with zero attached hydrogens (tertiary/aromatic N) is 1. The normalized spacial score (nSPS) is 13.9. The van der Waals surface area contributed by atoms with Crippen molar-refractivity contribution in [3.8, 4) is 0 Å². The first kappa shape index (κ1) is 31.0. The summed E-state index contributed by atoms with van der Waals surface area (Å²) >= 11 is 0. The summed E-state index contributed by atoms with van der Waals surface area (Å²) in [6.07, 6.45) is 7.73. The third-order valence-electron chi connectivity index (χ3n) is 5.25. The predicted molar refractivity (Wildman–Crippen MR) is 147 cm³/mol. The van der Waals surface area contributed by atoms with Crippen LogP contribution in [-0.4, -0.2) is 37.7 Å². The van der Waals surface area contributed by atoms with E-state index in [0.29, 0.717) is 23.5 Å². The predicted octanol–water partition coefficient (Wildman–Crippen LogP) is 5.96. The maximum atomic E-state index is 12.4. The number of carbonyl (C=O) groups is 2. The van der Waals surface area contributed by atoms with E-state index in [4.69, 9.17) is 0 Å². The monoisotopic (exact) mass is 468 g/mol. The summed E-state index contributed by atoms with van der Waals surface area (Å²) in [7, 11) is 2.01. The highest BCUT2D eigenvalue weighted by Gasteiger charge is 2.17. The maximum absolute atomic E-state index is 12.4. The van der Waals surface area contributed by atoms with Crippen LogP contribution in [0.2, 0.25) is 0 Å². The van der Waals surface area contributed by atoms with E-state index >= 15 is 0 Å². The zero-order valence-corrected chi connectivity index (χ0v) is 22.3. The summed E-state index contributed by atoms with van der Waals surface area (Å²) in [6, 6.07) is 6.30. The molecular formula is C28H44N4O2. The van der Waals surface area contributed by atoms with Gasteiger partial charge < -0.3 is 16.0 Å². The lowest BCUT2D eigenvalue weighted by atomic mass is 10.00. The van der Waals surface area contributed by atoms with Crippen LogP contribution in [-0.2, 0) is 4.79 Å². The first-order valence-corrected chi connectivity index (χ1v) is 12.1. The molecule has 0 spiro atoms. The van der Waals surface area contributed by atoms with Crippen LogP contribution in [0.3, 0.4) is 0 Å². The number of aldehydes is 1. The summed E-state index contributed by atoms with van der Waals surface area (Å²) in [4.78, 5) is 27.8. The quantitative estimate of drug-likeness (QED) is 0.137. The number of hydrogen-bond donors (Lipinski definition) is 3. The van der Waals surface area contributed by atoms with Gasteiger partial charge in [-0.3, -0.25) is 9.59 Å². The van der Waals surface area contributed by atoms with Crippen LogP contribution in [0.25, 0.3) is 0 Å². The summed E-state index contributed by atoms with van der Waals surface area (Å²) < 4.78 is 0. The van der Waals surface area contributed by atoms with Crippen LogP contribution in [0.1, 0.15) is 76.7 Å². The van der Waals surface area contributed by atoms with Crippen LogP contribution in [0.5, 0.6) is 0 Å². The average molecular weight is 469 g/mol. The Morgan fingerprint density at radius 3 is 2.29 bits per heavy atom. The molecule has 6 heteroatoms. The second kappa shape index (κ2) is 17.5. The zero-order valence-electron chi connectivity index (χ0n) is 22.3. The molecule has 1 saturated carbocycles. The number of amides is 1. The van der Waals surface area contributed by atoms with E-state index in [9.17, 15) is 9.59 Å². The molecule has 188 valence electrons. The molecular weight excluding hydrogens is 424 g/mol. The molecule has 2 rings (SSSR count). The number of carbonyl (C=O) groups excluding carboxylic acids is 2. The second-order valence-electron chi connectivity index (χ2n) is 7.75. The minimum Gasteiger partial charge on any atom is -0.352 e. The van der Waals surface area contributed by atoms with Gasteiger partial charge in [0.05, 0.1) is 0 Å². The van der Waals surface area contributed by atoms with Gasteiger partial charge in [-0.1, -0.05) is 45.6 Å². The zero-order chi connectivity index (χ0) is 26.1. The lowest BCUT2D eigenvalue weighted by Crippen LogP contribution is -2.27. The van der Waals surface area contributed by atoms with Crippen molar-refractivity contribution < 1.29 is 9.59 Å². The van der Waals surface area contributed by atoms with Crippen molar-refractivity contribution in [2.45, 2.75) is 73.8 Å². The molecule has 0 saturated heterocycles. The molecule has 0 heterocycles. The number of rotatable bonds is 9. The number of anilines is 1. The largest absolute Gasteiger partial charge is 0.352 e. The summed E-state index contributed by atoms with van der Waals surface area (Å²) in [5.74, 6) is 0.476. The van der Waals surface area contributed by atoms with E-state index in [-0.39, 0.29) is 5.91 Å². The van der Waals surface area contributed by atoms with Crippen molar-refractivity contribution in [3.63, 3.8) is 0 Å². The fourth-order valence-corrected chi connectivity index (χ4v) is 2.89. The Balaban J connectivity index is 0.00000134. The van der Waals surface area contributed by atoms with Crippen LogP contribution in [0, 0.1) is 6.92 Å². The lowest BCUT2D eigenvalue weighted by Gasteiger charge is -2.16. The van der Waals surface area contributed by atoms with Gasteiger partial charge in [-0.15, -0.1) is 0 Å². The third kappa shape index (κ3) is 10.8. The fraction of sp³-hybridized carbons (Fsp3) is 0.464. The van der Waals surface area contributed by atoms with Gasteiger partial charge >= 0.3 is 0 Å². The minimum atomic E-state index is -0.103. The smallest absolute Gasteiger partial charge is 0.251 e. The van der Waals surface area contributed by atoms with Crippen molar-refractivity contribution in [1.29, 1.82) is 0 Å². The van der Waals surface area contributed by atoms with E-state index in [1.54, 1.807) is 18.2 Å². The van der Waals surface area contributed by atoms with Gasteiger partial charge in [-0.25, -0.2) is 4.99 Å². The molecule has 0 atom stereocenters.